The van der Waals surface area contributed by atoms with E-state index in [0.717, 1.165) is 36.0 Å². The number of hydrogen-bond donors (Lipinski definition) is 0. The molecule has 0 atom stereocenters. The molecule has 146 valence electrons. The highest BCUT2D eigenvalue weighted by Gasteiger charge is 2.43. The van der Waals surface area contributed by atoms with Gasteiger partial charge in [-0.1, -0.05) is 6.07 Å². The summed E-state index contributed by atoms with van der Waals surface area (Å²) < 4.78 is 22.7. The number of hydrogen-bond acceptors (Lipinski definition) is 5. The highest BCUT2D eigenvalue weighted by molar-refractivity contribution is 5.95. The molecule has 0 fully saturated rings. The zero-order chi connectivity index (χ0) is 19.6. The van der Waals surface area contributed by atoms with Crippen LogP contribution in [0.3, 0.4) is 0 Å². The van der Waals surface area contributed by atoms with Crippen LogP contribution < -0.4 is 18.9 Å². The largest absolute Gasteiger partial charge is 0.493 e. The maximum Gasteiger partial charge on any atom is 0.231 e. The molecule has 5 nitrogen and oxygen atoms in total. The average molecular weight is 379 g/mol. The SMILES string of the molecule is COc1ccc2c(c1OC)C(C)(C)N1CCc3cc4c(cc3C1=C2C)OCO4. The van der Waals surface area contributed by atoms with E-state index in [4.69, 9.17) is 18.9 Å². The summed E-state index contributed by atoms with van der Waals surface area (Å²) in [5.74, 6) is 3.27. The van der Waals surface area contributed by atoms with Crippen molar-refractivity contribution in [2.24, 2.45) is 0 Å². The highest BCUT2D eigenvalue weighted by Crippen LogP contribution is 2.54. The van der Waals surface area contributed by atoms with Gasteiger partial charge in [0.05, 0.1) is 19.8 Å². The van der Waals surface area contributed by atoms with Gasteiger partial charge in [0.2, 0.25) is 6.79 Å². The molecule has 2 aromatic rings. The van der Waals surface area contributed by atoms with Crippen molar-refractivity contribution in [3.63, 3.8) is 0 Å². The van der Waals surface area contributed by atoms with Gasteiger partial charge in [0, 0.05) is 23.4 Å². The Bertz CT molecular complexity index is 1020. The molecule has 0 aliphatic carbocycles. The van der Waals surface area contributed by atoms with Crippen LogP contribution in [0.15, 0.2) is 24.3 Å². The second-order valence-corrected chi connectivity index (χ2v) is 8.02. The molecule has 5 rings (SSSR count). The van der Waals surface area contributed by atoms with Gasteiger partial charge >= 0.3 is 0 Å². The first-order chi connectivity index (χ1) is 13.5. The molecule has 0 aromatic heterocycles. The van der Waals surface area contributed by atoms with E-state index in [9.17, 15) is 0 Å². The summed E-state index contributed by atoms with van der Waals surface area (Å²) >= 11 is 0. The van der Waals surface area contributed by atoms with Gasteiger partial charge in [-0.25, -0.2) is 0 Å². The lowest BCUT2D eigenvalue weighted by molar-refractivity contribution is 0.174. The summed E-state index contributed by atoms with van der Waals surface area (Å²) in [4.78, 5) is 2.50. The number of fused-ring (bicyclic) bond motifs is 5. The van der Waals surface area contributed by atoms with Crippen LogP contribution >= 0.6 is 0 Å². The predicted octanol–water partition coefficient (Wildman–Crippen LogP) is 4.43. The van der Waals surface area contributed by atoms with Gasteiger partial charge in [-0.3, -0.25) is 0 Å². The molecule has 0 saturated heterocycles. The van der Waals surface area contributed by atoms with Crippen LogP contribution in [0.5, 0.6) is 23.0 Å². The first-order valence-electron chi connectivity index (χ1n) is 9.64. The molecule has 28 heavy (non-hydrogen) atoms. The van der Waals surface area contributed by atoms with Gasteiger partial charge < -0.3 is 23.8 Å². The lowest BCUT2D eigenvalue weighted by Crippen LogP contribution is -2.46. The molecule has 3 heterocycles. The highest BCUT2D eigenvalue weighted by atomic mass is 16.7. The lowest BCUT2D eigenvalue weighted by Gasteiger charge is -2.50. The Kier molecular flexibility index (Phi) is 3.60. The zero-order valence-electron chi connectivity index (χ0n) is 17.0. The summed E-state index contributed by atoms with van der Waals surface area (Å²) in [6.45, 7) is 7.95. The summed E-state index contributed by atoms with van der Waals surface area (Å²) in [6, 6.07) is 8.44. The molecule has 2 aromatic carbocycles. The normalized spacial score (nSPS) is 18.4. The van der Waals surface area contributed by atoms with E-state index in [1.807, 2.05) is 6.07 Å². The number of methoxy groups -OCH3 is 2. The van der Waals surface area contributed by atoms with E-state index < -0.39 is 0 Å². The Morgan fingerprint density at radius 2 is 1.75 bits per heavy atom. The Labute approximate surface area is 165 Å². The molecule has 0 radical (unpaired) electrons. The smallest absolute Gasteiger partial charge is 0.231 e. The number of benzene rings is 2. The average Bonchev–Trinajstić information content (AvgIpc) is 3.15. The van der Waals surface area contributed by atoms with Crippen LogP contribution in [0.2, 0.25) is 0 Å². The fraction of sp³-hybridized carbons (Fsp3) is 0.391. The van der Waals surface area contributed by atoms with Gasteiger partial charge in [0.25, 0.3) is 0 Å². The monoisotopic (exact) mass is 379 g/mol. The van der Waals surface area contributed by atoms with Crippen LogP contribution in [0, 0.1) is 0 Å². The summed E-state index contributed by atoms with van der Waals surface area (Å²) in [6.07, 6.45) is 0.966. The third-order valence-electron chi connectivity index (χ3n) is 6.32. The summed E-state index contributed by atoms with van der Waals surface area (Å²) in [7, 11) is 3.41. The third kappa shape index (κ3) is 2.13. The van der Waals surface area contributed by atoms with Crippen molar-refractivity contribution < 1.29 is 18.9 Å². The van der Waals surface area contributed by atoms with E-state index in [0.29, 0.717) is 6.79 Å². The molecule has 0 saturated carbocycles. The first kappa shape index (κ1) is 17.3. The predicted molar refractivity (Wildman–Crippen MR) is 108 cm³/mol. The lowest BCUT2D eigenvalue weighted by atomic mass is 9.76. The van der Waals surface area contributed by atoms with Crippen molar-refractivity contribution in [1.82, 2.24) is 4.90 Å². The molecular formula is C23H25NO4. The number of allylic oxidation sites excluding steroid dienone is 1. The van der Waals surface area contributed by atoms with Gasteiger partial charge in [-0.2, -0.15) is 0 Å². The molecule has 0 bridgehead atoms. The Hall–Kier alpha value is -2.82. The van der Waals surface area contributed by atoms with Crippen molar-refractivity contribution in [1.29, 1.82) is 0 Å². The second kappa shape index (κ2) is 5.84. The van der Waals surface area contributed by atoms with E-state index in [-0.39, 0.29) is 5.54 Å². The van der Waals surface area contributed by atoms with Crippen molar-refractivity contribution in [3.05, 3.63) is 46.5 Å². The minimum absolute atomic E-state index is 0.238. The van der Waals surface area contributed by atoms with Gasteiger partial charge in [0.15, 0.2) is 23.0 Å². The van der Waals surface area contributed by atoms with E-state index in [2.05, 4.69) is 43.9 Å². The van der Waals surface area contributed by atoms with Gasteiger partial charge in [-0.15, -0.1) is 0 Å². The summed E-state index contributed by atoms with van der Waals surface area (Å²) in [5.41, 5.74) is 7.22. The molecule has 0 spiro atoms. The first-order valence-corrected chi connectivity index (χ1v) is 9.64. The molecule has 3 aliphatic heterocycles. The Morgan fingerprint density at radius 3 is 2.46 bits per heavy atom. The minimum atomic E-state index is -0.238. The third-order valence-corrected chi connectivity index (χ3v) is 6.32. The minimum Gasteiger partial charge on any atom is -0.493 e. The Balaban J connectivity index is 1.80. The van der Waals surface area contributed by atoms with Crippen LogP contribution in [0.25, 0.3) is 11.3 Å². The maximum atomic E-state index is 5.82. The van der Waals surface area contributed by atoms with Gasteiger partial charge in [-0.05, 0) is 62.1 Å². The van der Waals surface area contributed by atoms with Crippen molar-refractivity contribution >= 4 is 11.3 Å². The number of ether oxygens (including phenoxy) is 4. The van der Waals surface area contributed by atoms with Crippen molar-refractivity contribution in [2.75, 3.05) is 27.6 Å². The molecular weight excluding hydrogens is 354 g/mol. The van der Waals surface area contributed by atoms with Crippen LogP contribution in [-0.4, -0.2) is 32.5 Å². The van der Waals surface area contributed by atoms with E-state index >= 15 is 0 Å². The van der Waals surface area contributed by atoms with Crippen molar-refractivity contribution in [3.8, 4) is 23.0 Å². The molecule has 3 aliphatic rings. The molecule has 0 amide bonds. The van der Waals surface area contributed by atoms with Crippen LogP contribution in [0.1, 0.15) is 43.0 Å². The molecule has 0 unspecified atom stereocenters. The van der Waals surface area contributed by atoms with Crippen LogP contribution in [-0.2, 0) is 12.0 Å². The zero-order valence-corrected chi connectivity index (χ0v) is 17.0. The quantitative estimate of drug-likeness (QED) is 0.772. The molecule has 0 N–H and O–H groups in total. The van der Waals surface area contributed by atoms with Gasteiger partial charge in [0.1, 0.15) is 0 Å². The molecule has 5 heteroatoms. The topological polar surface area (TPSA) is 40.2 Å². The fourth-order valence-corrected chi connectivity index (χ4v) is 4.97. The Morgan fingerprint density at radius 1 is 1.00 bits per heavy atom. The van der Waals surface area contributed by atoms with E-state index in [1.54, 1.807) is 14.2 Å². The maximum absolute atomic E-state index is 5.82. The fourth-order valence-electron chi connectivity index (χ4n) is 4.97. The van der Waals surface area contributed by atoms with Crippen LogP contribution in [0.4, 0.5) is 0 Å². The number of rotatable bonds is 2. The van der Waals surface area contributed by atoms with Crippen molar-refractivity contribution in [2.45, 2.75) is 32.7 Å². The summed E-state index contributed by atoms with van der Waals surface area (Å²) in [5, 5.41) is 0. The second-order valence-electron chi connectivity index (χ2n) is 8.02. The van der Waals surface area contributed by atoms with E-state index in [1.165, 1.54) is 33.5 Å². The standard InChI is InChI=1S/C23H25NO4/c1-13-15-6-7-17(25-4)22(26-5)20(15)23(2,3)24-9-8-14-10-18-19(28-12-27-18)11-16(14)21(13)24/h6-7,10-11H,8-9,12H2,1-5H3. The number of nitrogens with zero attached hydrogens (tertiary/aromatic N) is 1.